The zero-order valence-corrected chi connectivity index (χ0v) is 18.8. The quantitative estimate of drug-likeness (QED) is 0.702. The molecule has 1 N–H and O–H groups in total. The Morgan fingerprint density at radius 1 is 1.07 bits per heavy atom. The second-order valence-corrected chi connectivity index (χ2v) is 9.01. The standard InChI is InChI=1S/C22H30N2O4S/c1-7-24(8-2)29(26,27)20-11-9-19(10-12-20)23-22(25)18(6)28-21-14-15(3)13-16(4)17(21)5/h9-14,18H,7-8H2,1-6H3,(H,23,25)/t18-/m1/s1. The molecule has 0 unspecified atom stereocenters. The summed E-state index contributed by atoms with van der Waals surface area (Å²) < 4.78 is 32.3. The van der Waals surface area contributed by atoms with E-state index in [-0.39, 0.29) is 10.8 Å². The Morgan fingerprint density at radius 2 is 1.66 bits per heavy atom. The molecule has 2 rings (SSSR count). The Kier molecular flexibility index (Phi) is 7.43. The lowest BCUT2D eigenvalue weighted by Gasteiger charge is -2.19. The molecule has 0 bridgehead atoms. The number of ether oxygens (including phenoxy) is 1. The van der Waals surface area contributed by atoms with Crippen molar-refractivity contribution in [3.8, 4) is 5.75 Å². The van der Waals surface area contributed by atoms with E-state index in [4.69, 9.17) is 4.74 Å². The molecule has 1 amide bonds. The molecule has 0 saturated heterocycles. The second kappa shape index (κ2) is 9.41. The summed E-state index contributed by atoms with van der Waals surface area (Å²) in [6.07, 6.45) is -0.700. The normalized spacial score (nSPS) is 12.7. The van der Waals surface area contributed by atoms with Gasteiger partial charge in [0.05, 0.1) is 4.90 Å². The Labute approximate surface area is 173 Å². The van der Waals surface area contributed by atoms with Gasteiger partial charge in [0.1, 0.15) is 5.75 Å². The maximum absolute atomic E-state index is 12.5. The lowest BCUT2D eigenvalue weighted by Crippen LogP contribution is -2.31. The SMILES string of the molecule is CCN(CC)S(=O)(=O)c1ccc(NC(=O)[C@@H](C)Oc2cc(C)cc(C)c2C)cc1. The summed E-state index contributed by atoms with van der Waals surface area (Å²) in [5.41, 5.74) is 3.70. The average Bonchev–Trinajstić information content (AvgIpc) is 2.66. The minimum absolute atomic E-state index is 0.203. The van der Waals surface area contributed by atoms with Gasteiger partial charge in [-0.05, 0) is 74.7 Å². The number of nitrogens with zero attached hydrogens (tertiary/aromatic N) is 1. The lowest BCUT2D eigenvalue weighted by molar-refractivity contribution is -0.122. The highest BCUT2D eigenvalue weighted by atomic mass is 32.2. The Bertz CT molecular complexity index is 965. The molecule has 0 fully saturated rings. The molecular weight excluding hydrogens is 388 g/mol. The minimum Gasteiger partial charge on any atom is -0.481 e. The molecule has 0 aromatic heterocycles. The Hall–Kier alpha value is -2.38. The number of benzene rings is 2. The van der Waals surface area contributed by atoms with Crippen molar-refractivity contribution in [2.75, 3.05) is 18.4 Å². The van der Waals surface area contributed by atoms with Gasteiger partial charge in [-0.25, -0.2) is 8.42 Å². The zero-order valence-electron chi connectivity index (χ0n) is 17.9. The number of carbonyl (C=O) groups is 1. The van der Waals surface area contributed by atoms with Gasteiger partial charge in [-0.3, -0.25) is 4.79 Å². The van der Waals surface area contributed by atoms with Gasteiger partial charge in [-0.2, -0.15) is 4.31 Å². The third kappa shape index (κ3) is 5.36. The highest BCUT2D eigenvalue weighted by Gasteiger charge is 2.22. The van der Waals surface area contributed by atoms with Crippen LogP contribution in [0.3, 0.4) is 0 Å². The fraction of sp³-hybridized carbons (Fsp3) is 0.409. The van der Waals surface area contributed by atoms with Crippen LogP contribution in [-0.4, -0.2) is 37.8 Å². The fourth-order valence-electron chi connectivity index (χ4n) is 3.03. The summed E-state index contributed by atoms with van der Waals surface area (Å²) in [7, 11) is -3.52. The average molecular weight is 419 g/mol. The van der Waals surface area contributed by atoms with Crippen LogP contribution in [-0.2, 0) is 14.8 Å². The lowest BCUT2D eigenvalue weighted by atomic mass is 10.1. The number of hydrogen-bond donors (Lipinski definition) is 1. The molecule has 29 heavy (non-hydrogen) atoms. The van der Waals surface area contributed by atoms with Gasteiger partial charge >= 0.3 is 0 Å². The van der Waals surface area contributed by atoms with Crippen molar-refractivity contribution in [2.24, 2.45) is 0 Å². The number of carbonyl (C=O) groups excluding carboxylic acids is 1. The van der Waals surface area contributed by atoms with Crippen LogP contribution < -0.4 is 10.1 Å². The van der Waals surface area contributed by atoms with Crippen LogP contribution in [0.15, 0.2) is 41.3 Å². The molecule has 0 spiro atoms. The number of aryl methyl sites for hydroxylation is 2. The summed E-state index contributed by atoms with van der Waals surface area (Å²) in [4.78, 5) is 12.7. The van der Waals surface area contributed by atoms with E-state index in [1.165, 1.54) is 16.4 Å². The molecule has 2 aromatic carbocycles. The number of hydrogen-bond acceptors (Lipinski definition) is 4. The first kappa shape index (κ1) is 22.9. The van der Waals surface area contributed by atoms with E-state index in [0.29, 0.717) is 24.5 Å². The van der Waals surface area contributed by atoms with Crippen LogP contribution in [0.4, 0.5) is 5.69 Å². The Morgan fingerprint density at radius 3 is 2.21 bits per heavy atom. The zero-order chi connectivity index (χ0) is 21.8. The second-order valence-electron chi connectivity index (χ2n) is 7.07. The predicted molar refractivity (Wildman–Crippen MR) is 116 cm³/mol. The van der Waals surface area contributed by atoms with Gasteiger partial charge in [0.2, 0.25) is 10.0 Å². The molecule has 2 aromatic rings. The molecule has 6 nitrogen and oxygen atoms in total. The first-order valence-electron chi connectivity index (χ1n) is 9.75. The van der Waals surface area contributed by atoms with Crippen LogP contribution in [0.2, 0.25) is 0 Å². The molecule has 158 valence electrons. The Balaban J connectivity index is 2.09. The van der Waals surface area contributed by atoms with E-state index in [0.717, 1.165) is 16.7 Å². The van der Waals surface area contributed by atoms with Crippen LogP contribution in [0.25, 0.3) is 0 Å². The molecule has 0 aliphatic heterocycles. The van der Waals surface area contributed by atoms with E-state index in [1.807, 2.05) is 26.8 Å². The predicted octanol–water partition coefficient (Wildman–Crippen LogP) is 4.05. The van der Waals surface area contributed by atoms with Gasteiger partial charge in [0.15, 0.2) is 6.10 Å². The van der Waals surface area contributed by atoms with Crippen molar-refractivity contribution in [3.05, 3.63) is 53.1 Å². The van der Waals surface area contributed by atoms with Crippen LogP contribution in [0.1, 0.15) is 37.5 Å². The number of sulfonamides is 1. The summed E-state index contributed by atoms with van der Waals surface area (Å²) in [5.74, 6) is 0.383. The molecule has 7 heteroatoms. The summed E-state index contributed by atoms with van der Waals surface area (Å²) in [6.45, 7) is 12.1. The highest BCUT2D eigenvalue weighted by Crippen LogP contribution is 2.25. The minimum atomic E-state index is -3.52. The third-order valence-corrected chi connectivity index (χ3v) is 6.97. The van der Waals surface area contributed by atoms with Crippen molar-refractivity contribution in [2.45, 2.75) is 52.5 Å². The van der Waals surface area contributed by atoms with Crippen LogP contribution >= 0.6 is 0 Å². The summed E-state index contributed by atoms with van der Waals surface area (Å²) in [5, 5.41) is 2.77. The summed E-state index contributed by atoms with van der Waals surface area (Å²) >= 11 is 0. The highest BCUT2D eigenvalue weighted by molar-refractivity contribution is 7.89. The first-order chi connectivity index (χ1) is 13.6. The van der Waals surface area contributed by atoms with Gasteiger partial charge in [0, 0.05) is 18.8 Å². The third-order valence-electron chi connectivity index (χ3n) is 4.90. The van der Waals surface area contributed by atoms with E-state index in [2.05, 4.69) is 11.4 Å². The van der Waals surface area contributed by atoms with Gasteiger partial charge in [-0.1, -0.05) is 19.9 Å². The number of anilines is 1. The van der Waals surface area contributed by atoms with Crippen molar-refractivity contribution in [1.82, 2.24) is 4.31 Å². The molecule has 1 atom stereocenters. The van der Waals surface area contributed by atoms with Gasteiger partial charge in [0.25, 0.3) is 5.91 Å². The van der Waals surface area contributed by atoms with Crippen LogP contribution in [0.5, 0.6) is 5.75 Å². The number of amides is 1. The maximum atomic E-state index is 12.5. The molecule has 0 saturated carbocycles. The summed E-state index contributed by atoms with van der Waals surface area (Å²) in [6, 6.07) is 10.2. The van der Waals surface area contributed by atoms with Crippen molar-refractivity contribution < 1.29 is 17.9 Å². The van der Waals surface area contributed by atoms with Crippen molar-refractivity contribution >= 4 is 21.6 Å². The molecule has 0 aliphatic carbocycles. The van der Waals surface area contributed by atoms with Gasteiger partial charge < -0.3 is 10.1 Å². The van der Waals surface area contributed by atoms with E-state index < -0.39 is 16.1 Å². The number of nitrogens with one attached hydrogen (secondary N) is 1. The topological polar surface area (TPSA) is 75.7 Å². The van der Waals surface area contributed by atoms with Gasteiger partial charge in [-0.15, -0.1) is 0 Å². The maximum Gasteiger partial charge on any atom is 0.265 e. The smallest absolute Gasteiger partial charge is 0.265 e. The fourth-order valence-corrected chi connectivity index (χ4v) is 4.49. The van der Waals surface area contributed by atoms with Crippen molar-refractivity contribution in [1.29, 1.82) is 0 Å². The molecule has 0 aliphatic rings. The molecule has 0 heterocycles. The monoisotopic (exact) mass is 418 g/mol. The van der Waals surface area contributed by atoms with E-state index >= 15 is 0 Å². The molecular formula is C22H30N2O4S. The van der Waals surface area contributed by atoms with E-state index in [1.54, 1.807) is 32.9 Å². The van der Waals surface area contributed by atoms with Crippen LogP contribution in [0, 0.1) is 20.8 Å². The first-order valence-corrected chi connectivity index (χ1v) is 11.2. The van der Waals surface area contributed by atoms with E-state index in [9.17, 15) is 13.2 Å². The number of rotatable bonds is 8. The molecule has 0 radical (unpaired) electrons. The van der Waals surface area contributed by atoms with Crippen molar-refractivity contribution in [3.63, 3.8) is 0 Å². The largest absolute Gasteiger partial charge is 0.481 e.